The number of nitrogens with two attached hydrogens (primary N) is 1. The molecule has 1 rings (SSSR count). The van der Waals surface area contributed by atoms with E-state index in [0.717, 1.165) is 0 Å². The molecule has 0 spiro atoms. The van der Waals surface area contributed by atoms with Crippen LogP contribution in [0.5, 0.6) is 0 Å². The van der Waals surface area contributed by atoms with Crippen LogP contribution in [0.1, 0.15) is 6.92 Å². The van der Waals surface area contributed by atoms with Gasteiger partial charge >= 0.3 is 5.97 Å². The molecule has 0 aromatic heterocycles. The van der Waals surface area contributed by atoms with Crippen molar-refractivity contribution in [2.45, 2.75) is 13.0 Å². The summed E-state index contributed by atoms with van der Waals surface area (Å²) in [5, 5.41) is 11.9. The van der Waals surface area contributed by atoms with Crippen molar-refractivity contribution in [1.82, 2.24) is 0 Å². The van der Waals surface area contributed by atoms with Crippen molar-refractivity contribution < 1.29 is 9.90 Å². The normalized spacial score (nSPS) is 12.1. The Kier molecular flexibility index (Phi) is 3.19. The van der Waals surface area contributed by atoms with Gasteiger partial charge < -0.3 is 16.2 Å². The Morgan fingerprint density at radius 1 is 1.64 bits per heavy atom. The Balaban J connectivity index is 2.85. The predicted octanol–water partition coefficient (Wildman–Crippen LogP) is 1.81. The summed E-state index contributed by atoms with van der Waals surface area (Å²) < 4.78 is 0. The van der Waals surface area contributed by atoms with Gasteiger partial charge in [0.1, 0.15) is 6.04 Å². The fraction of sp³-hybridized carbons (Fsp3) is 0.222. The van der Waals surface area contributed by atoms with E-state index in [9.17, 15) is 4.79 Å². The minimum absolute atomic E-state index is 0.451. The van der Waals surface area contributed by atoms with Gasteiger partial charge in [-0.2, -0.15) is 0 Å². The van der Waals surface area contributed by atoms with Gasteiger partial charge in [0.2, 0.25) is 0 Å². The zero-order valence-electron chi connectivity index (χ0n) is 7.62. The zero-order valence-corrected chi connectivity index (χ0v) is 8.38. The molecule has 4 N–H and O–H groups in total. The summed E-state index contributed by atoms with van der Waals surface area (Å²) in [5.41, 5.74) is 6.60. The largest absolute Gasteiger partial charge is 0.480 e. The molecule has 76 valence electrons. The van der Waals surface area contributed by atoms with Crippen molar-refractivity contribution >= 4 is 28.9 Å². The van der Waals surface area contributed by atoms with E-state index in [0.29, 0.717) is 16.4 Å². The third-order valence-corrected chi connectivity index (χ3v) is 2.06. The van der Waals surface area contributed by atoms with Crippen molar-refractivity contribution in [1.29, 1.82) is 0 Å². The predicted molar refractivity (Wildman–Crippen MR) is 56.6 cm³/mol. The van der Waals surface area contributed by atoms with E-state index >= 15 is 0 Å². The van der Waals surface area contributed by atoms with Crippen LogP contribution in [0.25, 0.3) is 0 Å². The maximum atomic E-state index is 10.6. The van der Waals surface area contributed by atoms with Crippen molar-refractivity contribution in [2.75, 3.05) is 11.1 Å². The lowest BCUT2D eigenvalue weighted by Gasteiger charge is -2.12. The number of hydrogen-bond donors (Lipinski definition) is 3. The van der Waals surface area contributed by atoms with Crippen molar-refractivity contribution in [3.8, 4) is 0 Å². The molecule has 1 unspecified atom stereocenters. The van der Waals surface area contributed by atoms with Crippen LogP contribution in [0.4, 0.5) is 11.4 Å². The van der Waals surface area contributed by atoms with Gasteiger partial charge in [-0.05, 0) is 25.1 Å². The minimum atomic E-state index is -0.941. The van der Waals surface area contributed by atoms with Gasteiger partial charge in [-0.1, -0.05) is 11.6 Å². The maximum Gasteiger partial charge on any atom is 0.325 e. The Hall–Kier alpha value is -1.42. The quantitative estimate of drug-likeness (QED) is 0.671. The van der Waals surface area contributed by atoms with Crippen LogP contribution in [0.15, 0.2) is 18.2 Å². The lowest BCUT2D eigenvalue weighted by Crippen LogP contribution is -2.25. The van der Waals surface area contributed by atoms with E-state index in [1.807, 2.05) is 0 Å². The first kappa shape index (κ1) is 10.7. The number of aliphatic carboxylic acids is 1. The summed E-state index contributed by atoms with van der Waals surface area (Å²) in [5.74, 6) is -0.941. The molecular weight excluding hydrogens is 204 g/mol. The molecule has 1 atom stereocenters. The first-order valence-corrected chi connectivity index (χ1v) is 4.43. The van der Waals surface area contributed by atoms with Gasteiger partial charge in [0, 0.05) is 5.69 Å². The molecule has 5 heteroatoms. The monoisotopic (exact) mass is 214 g/mol. The van der Waals surface area contributed by atoms with E-state index < -0.39 is 12.0 Å². The van der Waals surface area contributed by atoms with Crippen LogP contribution >= 0.6 is 11.6 Å². The van der Waals surface area contributed by atoms with Crippen LogP contribution in [0.3, 0.4) is 0 Å². The lowest BCUT2D eigenvalue weighted by molar-refractivity contribution is -0.137. The van der Waals surface area contributed by atoms with Crippen LogP contribution in [-0.4, -0.2) is 17.1 Å². The molecule has 0 radical (unpaired) electrons. The second-order valence-electron chi connectivity index (χ2n) is 2.94. The standard InChI is InChI=1S/C9H11ClN2O2/c1-5(9(13)14)12-8-4-6(11)2-3-7(8)10/h2-5,12H,11H2,1H3,(H,13,14). The Labute approximate surface area is 86.7 Å². The summed E-state index contributed by atoms with van der Waals surface area (Å²) in [4.78, 5) is 10.6. The summed E-state index contributed by atoms with van der Waals surface area (Å²) in [6, 6.07) is 4.17. The number of carboxylic acids is 1. The molecule has 0 bridgehead atoms. The van der Waals surface area contributed by atoms with Crippen molar-refractivity contribution in [2.24, 2.45) is 0 Å². The molecule has 14 heavy (non-hydrogen) atoms. The molecule has 0 aliphatic heterocycles. The molecule has 4 nitrogen and oxygen atoms in total. The highest BCUT2D eigenvalue weighted by molar-refractivity contribution is 6.33. The second-order valence-corrected chi connectivity index (χ2v) is 3.35. The fourth-order valence-electron chi connectivity index (χ4n) is 0.948. The molecule has 0 heterocycles. The van der Waals surface area contributed by atoms with Gasteiger partial charge in [0.25, 0.3) is 0 Å². The number of benzene rings is 1. The molecule has 0 saturated heterocycles. The third kappa shape index (κ3) is 2.53. The highest BCUT2D eigenvalue weighted by Crippen LogP contribution is 2.24. The maximum absolute atomic E-state index is 10.6. The highest BCUT2D eigenvalue weighted by atomic mass is 35.5. The second kappa shape index (κ2) is 4.19. The highest BCUT2D eigenvalue weighted by Gasteiger charge is 2.11. The molecule has 0 aliphatic carbocycles. The Morgan fingerprint density at radius 2 is 2.29 bits per heavy atom. The number of rotatable bonds is 3. The van der Waals surface area contributed by atoms with Crippen LogP contribution in [-0.2, 0) is 4.79 Å². The minimum Gasteiger partial charge on any atom is -0.480 e. The Morgan fingerprint density at radius 3 is 2.86 bits per heavy atom. The molecular formula is C9H11ClN2O2. The first-order valence-electron chi connectivity index (χ1n) is 4.05. The number of carboxylic acid groups (broad SMARTS) is 1. The summed E-state index contributed by atoms with van der Waals surface area (Å²) in [6.07, 6.45) is 0. The van der Waals surface area contributed by atoms with E-state index in [2.05, 4.69) is 5.32 Å². The van der Waals surface area contributed by atoms with Crippen LogP contribution in [0.2, 0.25) is 5.02 Å². The molecule has 0 aliphatic rings. The fourth-order valence-corrected chi connectivity index (χ4v) is 1.12. The summed E-state index contributed by atoms with van der Waals surface area (Å²) in [7, 11) is 0. The van der Waals surface area contributed by atoms with Crippen molar-refractivity contribution in [3.63, 3.8) is 0 Å². The first-order chi connectivity index (χ1) is 6.50. The van der Waals surface area contributed by atoms with Crippen molar-refractivity contribution in [3.05, 3.63) is 23.2 Å². The zero-order chi connectivity index (χ0) is 10.7. The van der Waals surface area contributed by atoms with E-state index in [1.54, 1.807) is 18.2 Å². The van der Waals surface area contributed by atoms with E-state index in [-0.39, 0.29) is 0 Å². The number of nitrogens with one attached hydrogen (secondary N) is 1. The Bertz CT molecular complexity index is 355. The van der Waals surface area contributed by atoms with Gasteiger partial charge in [-0.25, -0.2) is 0 Å². The number of nitrogen functional groups attached to an aromatic ring is 1. The van der Waals surface area contributed by atoms with Crippen LogP contribution < -0.4 is 11.1 Å². The number of anilines is 2. The van der Waals surface area contributed by atoms with Gasteiger partial charge in [-0.3, -0.25) is 4.79 Å². The lowest BCUT2D eigenvalue weighted by atomic mass is 10.2. The molecule has 0 saturated carbocycles. The molecule has 0 fully saturated rings. The van der Waals surface area contributed by atoms with Crippen LogP contribution in [0, 0.1) is 0 Å². The third-order valence-electron chi connectivity index (χ3n) is 1.73. The molecule has 0 amide bonds. The average Bonchev–Trinajstić information content (AvgIpc) is 2.11. The van der Waals surface area contributed by atoms with Gasteiger partial charge in [0.05, 0.1) is 10.7 Å². The smallest absolute Gasteiger partial charge is 0.325 e. The molecule has 1 aromatic rings. The van der Waals surface area contributed by atoms with E-state index in [4.69, 9.17) is 22.4 Å². The van der Waals surface area contributed by atoms with E-state index in [1.165, 1.54) is 6.92 Å². The topological polar surface area (TPSA) is 75.3 Å². The van der Waals surface area contributed by atoms with Gasteiger partial charge in [-0.15, -0.1) is 0 Å². The number of halogens is 1. The summed E-state index contributed by atoms with van der Waals surface area (Å²) >= 11 is 5.83. The number of carbonyl (C=O) groups is 1. The SMILES string of the molecule is CC(Nc1cc(N)ccc1Cl)C(=O)O. The molecule has 1 aromatic carbocycles. The average molecular weight is 215 g/mol. The van der Waals surface area contributed by atoms with Gasteiger partial charge in [0.15, 0.2) is 0 Å². The number of hydrogen-bond acceptors (Lipinski definition) is 3. The summed E-state index contributed by atoms with van der Waals surface area (Å²) in [6.45, 7) is 1.53.